The Balaban J connectivity index is 1.47. The first-order chi connectivity index (χ1) is 14.5. The van der Waals surface area contributed by atoms with Crippen molar-refractivity contribution in [2.45, 2.75) is 42.4 Å². The van der Waals surface area contributed by atoms with Crippen molar-refractivity contribution < 1.29 is 17.6 Å². The Morgan fingerprint density at radius 1 is 1.07 bits per heavy atom. The molecule has 0 atom stereocenters. The Kier molecular flexibility index (Phi) is 4.77. The maximum atomic E-state index is 13.1. The van der Waals surface area contributed by atoms with E-state index in [0.717, 1.165) is 30.5 Å². The number of benzene rings is 2. The lowest BCUT2D eigenvalue weighted by Crippen LogP contribution is -2.05. The van der Waals surface area contributed by atoms with Gasteiger partial charge in [0.05, 0.1) is 28.9 Å². The number of aromatic nitrogens is 4. The topological polar surface area (TPSA) is 56.7 Å². The van der Waals surface area contributed by atoms with Crippen molar-refractivity contribution in [1.82, 2.24) is 19.7 Å². The molecule has 1 aliphatic rings. The van der Waals surface area contributed by atoms with Crippen LogP contribution in [0.4, 0.5) is 13.2 Å². The van der Waals surface area contributed by atoms with E-state index in [1.807, 2.05) is 34.9 Å². The fraction of sp³-hybridized carbons (Fsp3) is 0.286. The van der Waals surface area contributed by atoms with Crippen molar-refractivity contribution in [2.75, 3.05) is 0 Å². The summed E-state index contributed by atoms with van der Waals surface area (Å²) in [5.74, 6) is 1.94. The van der Waals surface area contributed by atoms with Gasteiger partial charge in [-0.25, -0.2) is 4.98 Å². The highest BCUT2D eigenvalue weighted by Crippen LogP contribution is 2.39. The molecule has 1 saturated carbocycles. The highest BCUT2D eigenvalue weighted by Gasteiger charge is 2.31. The number of nitrogens with zero attached hydrogens (tertiary/aromatic N) is 4. The lowest BCUT2D eigenvalue weighted by molar-refractivity contribution is -0.137. The highest BCUT2D eigenvalue weighted by molar-refractivity contribution is 7.98. The maximum absolute atomic E-state index is 13.1. The monoisotopic (exact) mass is 430 g/mol. The number of halogens is 3. The van der Waals surface area contributed by atoms with Gasteiger partial charge in [0.1, 0.15) is 0 Å². The van der Waals surface area contributed by atoms with Crippen LogP contribution in [-0.4, -0.2) is 19.7 Å². The van der Waals surface area contributed by atoms with E-state index >= 15 is 0 Å². The van der Waals surface area contributed by atoms with Crippen LogP contribution in [-0.2, 0) is 18.5 Å². The molecule has 30 heavy (non-hydrogen) atoms. The van der Waals surface area contributed by atoms with Crippen LogP contribution < -0.4 is 0 Å². The van der Waals surface area contributed by atoms with Crippen molar-refractivity contribution >= 4 is 22.8 Å². The molecule has 0 unspecified atom stereocenters. The molecule has 4 aromatic rings. The molecule has 0 spiro atoms. The number of hydrogen-bond acceptors (Lipinski definition) is 5. The van der Waals surface area contributed by atoms with E-state index in [-0.39, 0.29) is 0 Å². The number of imidazole rings is 1. The summed E-state index contributed by atoms with van der Waals surface area (Å²) in [6, 6.07) is 13.4. The molecule has 0 aliphatic heterocycles. The lowest BCUT2D eigenvalue weighted by Gasteiger charge is -2.09. The average Bonchev–Trinajstić information content (AvgIpc) is 3.37. The van der Waals surface area contributed by atoms with Gasteiger partial charge in [-0.15, -0.1) is 10.2 Å². The largest absolute Gasteiger partial charge is 0.424 e. The molecular weight excluding hydrogens is 413 g/mol. The van der Waals surface area contributed by atoms with Gasteiger partial charge in [-0.05, 0) is 36.6 Å². The summed E-state index contributed by atoms with van der Waals surface area (Å²) in [4.78, 5) is 4.49. The molecule has 154 valence electrons. The maximum Gasteiger partial charge on any atom is 0.416 e. The first kappa shape index (κ1) is 19.2. The number of alkyl halides is 3. The Hall–Kier alpha value is -2.81. The summed E-state index contributed by atoms with van der Waals surface area (Å²) < 4.78 is 47.1. The van der Waals surface area contributed by atoms with Gasteiger partial charge < -0.3 is 8.98 Å². The van der Waals surface area contributed by atoms with Gasteiger partial charge in [0, 0.05) is 5.92 Å². The third-order valence-electron chi connectivity index (χ3n) is 4.96. The number of fused-ring (bicyclic) bond motifs is 1. The minimum atomic E-state index is -4.41. The smallest absolute Gasteiger partial charge is 0.416 e. The second-order valence-electron chi connectivity index (χ2n) is 7.26. The molecule has 0 bridgehead atoms. The summed E-state index contributed by atoms with van der Waals surface area (Å²) in [5.41, 5.74) is 1.29. The van der Waals surface area contributed by atoms with Crippen LogP contribution in [0.25, 0.3) is 11.0 Å². The lowest BCUT2D eigenvalue weighted by atomic mass is 10.2. The summed E-state index contributed by atoms with van der Waals surface area (Å²) >= 11 is 1.38. The Labute approximate surface area is 174 Å². The summed E-state index contributed by atoms with van der Waals surface area (Å²) in [7, 11) is 0. The zero-order chi connectivity index (χ0) is 20.7. The first-order valence-corrected chi connectivity index (χ1v) is 10.5. The van der Waals surface area contributed by atoms with Crippen LogP contribution in [0.3, 0.4) is 0 Å². The van der Waals surface area contributed by atoms with E-state index in [4.69, 9.17) is 4.42 Å². The normalized spacial score (nSPS) is 14.5. The molecule has 1 aliphatic carbocycles. The minimum absolute atomic E-state index is 0.312. The number of hydrogen-bond donors (Lipinski definition) is 0. The van der Waals surface area contributed by atoms with E-state index in [9.17, 15) is 13.2 Å². The number of thioether (sulfide) groups is 1. The molecule has 2 heterocycles. The zero-order valence-electron chi connectivity index (χ0n) is 15.8. The van der Waals surface area contributed by atoms with Gasteiger partial charge >= 0.3 is 6.18 Å². The van der Waals surface area contributed by atoms with Gasteiger partial charge in [0.2, 0.25) is 11.8 Å². The van der Waals surface area contributed by atoms with Gasteiger partial charge in [0.15, 0.2) is 5.16 Å². The van der Waals surface area contributed by atoms with Crippen LogP contribution in [0.1, 0.15) is 41.7 Å². The third kappa shape index (κ3) is 3.94. The van der Waals surface area contributed by atoms with Gasteiger partial charge in [0.25, 0.3) is 0 Å². The van der Waals surface area contributed by atoms with Crippen LogP contribution in [0.2, 0.25) is 0 Å². The molecule has 0 amide bonds. The summed E-state index contributed by atoms with van der Waals surface area (Å²) in [6.45, 7) is 0.502. The van der Waals surface area contributed by atoms with Crippen molar-refractivity contribution in [2.24, 2.45) is 0 Å². The molecule has 1 fully saturated rings. The van der Waals surface area contributed by atoms with E-state index in [1.165, 1.54) is 17.8 Å². The van der Waals surface area contributed by atoms with Gasteiger partial charge in [-0.2, -0.15) is 13.2 Å². The Bertz CT molecular complexity index is 1180. The Morgan fingerprint density at radius 3 is 2.60 bits per heavy atom. The van der Waals surface area contributed by atoms with Crippen LogP contribution >= 0.6 is 11.8 Å². The fourth-order valence-corrected chi connectivity index (χ4v) is 4.11. The fourth-order valence-electron chi connectivity index (χ4n) is 3.26. The van der Waals surface area contributed by atoms with E-state index in [0.29, 0.717) is 46.2 Å². The van der Waals surface area contributed by atoms with Crippen LogP contribution in [0.15, 0.2) is 58.1 Å². The molecule has 5 nitrogen and oxygen atoms in total. The minimum Gasteiger partial charge on any atom is -0.424 e. The second kappa shape index (κ2) is 7.46. The molecule has 9 heteroatoms. The summed E-state index contributed by atoms with van der Waals surface area (Å²) in [5, 5.41) is 8.77. The van der Waals surface area contributed by atoms with Crippen LogP contribution in [0, 0.1) is 0 Å². The predicted octanol–water partition coefficient (Wildman–Crippen LogP) is 5.66. The van der Waals surface area contributed by atoms with Crippen molar-refractivity contribution in [3.8, 4) is 0 Å². The van der Waals surface area contributed by atoms with E-state index < -0.39 is 11.7 Å². The van der Waals surface area contributed by atoms with Gasteiger partial charge in [-0.3, -0.25) is 0 Å². The average molecular weight is 430 g/mol. The van der Waals surface area contributed by atoms with E-state index in [2.05, 4.69) is 15.2 Å². The third-order valence-corrected chi connectivity index (χ3v) is 5.92. The molecule has 0 N–H and O–H groups in total. The van der Waals surface area contributed by atoms with Gasteiger partial charge in [-0.1, -0.05) is 42.1 Å². The van der Waals surface area contributed by atoms with E-state index in [1.54, 1.807) is 0 Å². The Morgan fingerprint density at radius 2 is 1.87 bits per heavy atom. The first-order valence-electron chi connectivity index (χ1n) is 9.54. The van der Waals surface area contributed by atoms with Crippen molar-refractivity contribution in [3.05, 3.63) is 71.4 Å². The van der Waals surface area contributed by atoms with Crippen LogP contribution in [0.5, 0.6) is 0 Å². The molecular formula is C21H17F3N4OS. The molecule has 5 rings (SSSR count). The van der Waals surface area contributed by atoms with Crippen molar-refractivity contribution in [1.29, 1.82) is 0 Å². The molecule has 2 aromatic heterocycles. The molecule has 0 radical (unpaired) electrons. The second-order valence-corrected chi connectivity index (χ2v) is 8.21. The molecule has 0 saturated heterocycles. The predicted molar refractivity (Wildman–Crippen MR) is 106 cm³/mol. The SMILES string of the molecule is FC(F)(F)c1ccc2c(c1)nc(SCc1nnc(C3CC3)o1)n2Cc1ccccc1. The quantitative estimate of drug-likeness (QED) is 0.370. The number of rotatable bonds is 6. The molecule has 2 aromatic carbocycles. The zero-order valence-corrected chi connectivity index (χ0v) is 16.6. The van der Waals surface area contributed by atoms with Crippen molar-refractivity contribution in [3.63, 3.8) is 0 Å². The standard InChI is InChI=1S/C21H17F3N4OS/c22-21(23,24)15-8-9-17-16(10-15)25-20(28(17)11-13-4-2-1-3-5-13)30-12-18-26-27-19(29-18)14-6-7-14/h1-5,8-10,14H,6-7,11-12H2. The highest BCUT2D eigenvalue weighted by atomic mass is 32.2. The summed E-state index contributed by atoms with van der Waals surface area (Å²) in [6.07, 6.45) is -2.26.